The van der Waals surface area contributed by atoms with Crippen LogP contribution in [0.4, 0.5) is 0 Å². The quantitative estimate of drug-likeness (QED) is 0.0239. The number of aldehydes is 1. The van der Waals surface area contributed by atoms with Gasteiger partial charge in [0.2, 0.25) is 0 Å². The number of aliphatic hydroxyl groups excluding tert-OH is 12. The predicted molar refractivity (Wildman–Crippen MR) is 242 cm³/mol. The molecule has 0 aromatic rings. The van der Waals surface area contributed by atoms with Crippen molar-refractivity contribution in [2.45, 2.75) is 216 Å². The van der Waals surface area contributed by atoms with Gasteiger partial charge in [-0.15, -0.1) is 0 Å². The average molecular weight is 993 g/mol. The molecule has 3 aliphatic heterocycles. The Hall–Kier alpha value is -2.20. The lowest BCUT2D eigenvalue weighted by Crippen LogP contribution is -2.61. The molecule has 3 unspecified atom stereocenters. The molecule has 3 saturated heterocycles. The number of hydrogen-bond donors (Lipinski definition) is 13. The maximum atomic E-state index is 13.4. The smallest absolute Gasteiger partial charge is 0.187 e. The minimum Gasteiger partial charge on any atom is -0.394 e. The number of allylic oxidation sites excluding steroid dienone is 4. The summed E-state index contributed by atoms with van der Waals surface area (Å²) in [5.41, 5.74) is -0.709. The summed E-state index contributed by atoms with van der Waals surface area (Å²) in [6.45, 7) is 10.1. The Bertz CT molecular complexity index is 1750. The minimum absolute atomic E-state index is 0.0284. The maximum absolute atomic E-state index is 13.4. The highest BCUT2D eigenvalue weighted by Gasteiger charge is 2.53. The minimum atomic E-state index is -1.70. The molecular weight excluding hydrogens is 913 g/mol. The van der Waals surface area contributed by atoms with E-state index in [-0.39, 0.29) is 37.6 Å². The van der Waals surface area contributed by atoms with Gasteiger partial charge in [0.1, 0.15) is 85.1 Å². The van der Waals surface area contributed by atoms with Crippen molar-refractivity contribution in [1.29, 1.82) is 0 Å². The summed E-state index contributed by atoms with van der Waals surface area (Å²) < 4.78 is 34.5. The van der Waals surface area contributed by atoms with Crippen molar-refractivity contribution in [3.05, 3.63) is 34.4 Å². The molecule has 0 spiro atoms. The van der Waals surface area contributed by atoms with Crippen LogP contribution < -0.4 is 0 Å². The van der Waals surface area contributed by atoms with Crippen LogP contribution in [0.1, 0.15) is 106 Å². The molecule has 4 aliphatic rings. The number of carbonyl (C=O) groups excluding carboxylic acids is 2. The highest BCUT2D eigenvalue weighted by atomic mass is 16.7. The second-order valence-electron chi connectivity index (χ2n) is 20.1. The van der Waals surface area contributed by atoms with Crippen molar-refractivity contribution in [3.8, 4) is 0 Å². The molecule has 69 heavy (non-hydrogen) atoms. The Morgan fingerprint density at radius 1 is 0.739 bits per heavy atom. The highest BCUT2D eigenvalue weighted by Crippen LogP contribution is 2.55. The van der Waals surface area contributed by atoms with Crippen LogP contribution in [0, 0.1) is 11.3 Å². The van der Waals surface area contributed by atoms with E-state index in [1.54, 1.807) is 27.7 Å². The molecule has 13 N–H and O–H groups in total. The Morgan fingerprint density at radius 3 is 1.78 bits per heavy atom. The van der Waals surface area contributed by atoms with E-state index in [1.807, 2.05) is 19.1 Å². The Labute approximate surface area is 403 Å². The van der Waals surface area contributed by atoms with Crippen LogP contribution >= 0.6 is 0 Å². The summed E-state index contributed by atoms with van der Waals surface area (Å²) in [6.07, 6.45) is -16.1. The molecule has 0 radical (unpaired) electrons. The van der Waals surface area contributed by atoms with Gasteiger partial charge in [-0.25, -0.2) is 0 Å². The number of hydrogen-bond acceptors (Lipinski definition) is 21. The molecule has 1 aliphatic carbocycles. The molecule has 1 saturated carbocycles. The number of aliphatic hydroxyl groups is 13. The second kappa shape index (κ2) is 25.6. The average Bonchev–Trinajstić information content (AvgIpc) is 3.31. The van der Waals surface area contributed by atoms with Crippen molar-refractivity contribution < 1.29 is 104 Å². The number of ketones is 1. The van der Waals surface area contributed by atoms with Gasteiger partial charge in [0.15, 0.2) is 24.7 Å². The zero-order valence-corrected chi connectivity index (χ0v) is 40.8. The normalized spacial score (nSPS) is 40.6. The van der Waals surface area contributed by atoms with Crippen LogP contribution in [0.25, 0.3) is 0 Å². The van der Waals surface area contributed by atoms with Crippen LogP contribution in [-0.4, -0.2) is 214 Å². The van der Waals surface area contributed by atoms with E-state index in [9.17, 15) is 76.0 Å². The Kier molecular flexibility index (Phi) is 22.1. The predicted octanol–water partition coefficient (Wildman–Crippen LogP) is -1.54. The van der Waals surface area contributed by atoms with Gasteiger partial charge in [-0.05, 0) is 110 Å². The molecule has 0 bridgehead atoms. The van der Waals surface area contributed by atoms with Crippen molar-refractivity contribution >= 4 is 12.1 Å². The molecule has 0 amide bonds. The molecule has 0 aromatic carbocycles. The second-order valence-corrected chi connectivity index (χ2v) is 20.1. The number of Topliss-reactive ketones (excluding diaryl/α,β-unsaturated/α-hetero) is 1. The van der Waals surface area contributed by atoms with Crippen LogP contribution in [0.3, 0.4) is 0 Å². The van der Waals surface area contributed by atoms with Gasteiger partial charge in [0.05, 0.1) is 31.5 Å². The van der Waals surface area contributed by atoms with Crippen LogP contribution in [-0.2, 0) is 38.0 Å². The third kappa shape index (κ3) is 14.1. The lowest BCUT2D eigenvalue weighted by atomic mass is 9.54. The molecule has 0 aromatic heterocycles. The third-order valence-electron chi connectivity index (χ3n) is 14.9. The van der Waals surface area contributed by atoms with Gasteiger partial charge in [0.25, 0.3) is 0 Å². The summed E-state index contributed by atoms with van der Waals surface area (Å²) in [5, 5.41) is 135. The van der Waals surface area contributed by atoms with E-state index in [1.165, 1.54) is 13.8 Å². The number of ether oxygens (including phenoxy) is 6. The van der Waals surface area contributed by atoms with E-state index >= 15 is 0 Å². The maximum Gasteiger partial charge on any atom is 0.187 e. The lowest BCUT2D eigenvalue weighted by Gasteiger charge is -2.53. The third-order valence-corrected chi connectivity index (χ3v) is 14.9. The first-order valence-corrected chi connectivity index (χ1v) is 23.9. The molecular formula is C48H80O21. The monoisotopic (exact) mass is 993 g/mol. The largest absolute Gasteiger partial charge is 0.394 e. The van der Waals surface area contributed by atoms with E-state index in [0.717, 1.165) is 17.4 Å². The Balaban J connectivity index is 1.52. The van der Waals surface area contributed by atoms with Crippen LogP contribution in [0.5, 0.6) is 0 Å². The SMILES string of the molecule is C/C(=C\CC(O[C@@H]1O[C@H](CO)[C@@H](O)[C@@H](O)[C@H]1O)/C(C)=C/CCC1(C)C(CCCO[C@@H]2O[C@H](CO)[C@@H](O)[C@@H](O)[C@H]2O)/C(=C(\C)C=O)CC[C@]1(C)O)CCC(=O)C(C)(C)O[C@H]1O[C@H](CO)[C@@H](O)[C@@H](O)[C@H]1O. The van der Waals surface area contributed by atoms with Crippen molar-refractivity contribution in [2.24, 2.45) is 11.3 Å². The van der Waals surface area contributed by atoms with Crippen LogP contribution in [0.2, 0.25) is 0 Å². The van der Waals surface area contributed by atoms with E-state index in [4.69, 9.17) is 28.4 Å². The first-order valence-electron chi connectivity index (χ1n) is 23.9. The summed E-state index contributed by atoms with van der Waals surface area (Å²) in [6, 6.07) is 0. The molecule has 4 rings (SSSR count). The lowest BCUT2D eigenvalue weighted by molar-refractivity contribution is -0.318. The topological polar surface area (TPSA) is 353 Å². The van der Waals surface area contributed by atoms with E-state index < -0.39 is 135 Å². The van der Waals surface area contributed by atoms with Crippen molar-refractivity contribution in [2.75, 3.05) is 26.4 Å². The molecule has 21 nitrogen and oxygen atoms in total. The molecule has 19 atom stereocenters. The zero-order chi connectivity index (χ0) is 51.8. The Morgan fingerprint density at radius 2 is 1.25 bits per heavy atom. The standard InChI is InChI=1S/C48H80O21/c1-24(13-15-33(53)46(4,5)69-45-42(62)39(59)36(56)32(23-52)68-45)12-14-29(65-44-41(61)38(58)35(55)31(22-51)67-44)25(2)10-8-17-47(6)28(27(26(3)20-49)16-18-48(47,7)63)11-9-19-64-43-40(60)37(57)34(54)30(21-50)66-43/h10,12,20,28-32,34-45,50-52,54-63H,8-9,11,13-19,21-23H2,1-7H3/b24-12+,25-10+,27-26+/t28?,29?,30-,31-,32-,34-,35-,36-,37-,38-,39-,40-,41-,42-,43-,44-,45-,47?,48+/m1/s1. The molecule has 21 heteroatoms. The van der Waals surface area contributed by atoms with Crippen molar-refractivity contribution in [1.82, 2.24) is 0 Å². The van der Waals surface area contributed by atoms with Gasteiger partial charge >= 0.3 is 0 Å². The fraction of sp³-hybridized carbons (Fsp3) is 0.833. The number of carbonyl (C=O) groups is 2. The van der Waals surface area contributed by atoms with Gasteiger partial charge < -0.3 is 94.8 Å². The molecule has 4 fully saturated rings. The summed E-state index contributed by atoms with van der Waals surface area (Å²) in [5.74, 6) is -0.703. The van der Waals surface area contributed by atoms with Gasteiger partial charge in [-0.1, -0.05) is 30.2 Å². The first kappa shape index (κ1) is 59.4. The number of rotatable bonds is 23. The van der Waals surface area contributed by atoms with Crippen LogP contribution in [0.15, 0.2) is 34.4 Å². The summed E-state index contributed by atoms with van der Waals surface area (Å²) in [7, 11) is 0. The van der Waals surface area contributed by atoms with Crippen molar-refractivity contribution in [3.63, 3.8) is 0 Å². The van der Waals surface area contributed by atoms with Gasteiger partial charge in [-0.3, -0.25) is 9.59 Å². The fourth-order valence-corrected chi connectivity index (χ4v) is 9.74. The first-order chi connectivity index (χ1) is 32.3. The van der Waals surface area contributed by atoms with E-state index in [2.05, 4.69) is 0 Å². The highest BCUT2D eigenvalue weighted by molar-refractivity contribution is 5.86. The zero-order valence-electron chi connectivity index (χ0n) is 40.8. The summed E-state index contributed by atoms with van der Waals surface area (Å²) in [4.78, 5) is 25.6. The fourth-order valence-electron chi connectivity index (χ4n) is 9.74. The molecule has 398 valence electrons. The summed E-state index contributed by atoms with van der Waals surface area (Å²) >= 11 is 0. The van der Waals surface area contributed by atoms with E-state index in [0.29, 0.717) is 49.7 Å². The molecule has 3 heterocycles. The van der Waals surface area contributed by atoms with Gasteiger partial charge in [-0.2, -0.15) is 0 Å². The van der Waals surface area contributed by atoms with Gasteiger partial charge in [0, 0.05) is 18.4 Å².